The molecule has 23 heavy (non-hydrogen) atoms. The van der Waals surface area contributed by atoms with Crippen molar-refractivity contribution < 1.29 is 23.7 Å². The van der Waals surface area contributed by atoms with E-state index in [4.69, 9.17) is 14.5 Å². The number of hydroxylamine groups is 1. The fourth-order valence-electron chi connectivity index (χ4n) is 2.09. The van der Waals surface area contributed by atoms with Gasteiger partial charge in [0, 0.05) is 5.56 Å². The van der Waals surface area contributed by atoms with E-state index in [0.717, 1.165) is 0 Å². The van der Waals surface area contributed by atoms with Crippen molar-refractivity contribution in [2.75, 3.05) is 6.61 Å². The Morgan fingerprint density at radius 1 is 1.35 bits per heavy atom. The molecule has 1 aromatic heterocycles. The quantitative estimate of drug-likeness (QED) is 0.535. The number of benzene rings is 2. The van der Waals surface area contributed by atoms with Crippen molar-refractivity contribution in [2.24, 2.45) is 0 Å². The molecule has 8 heteroatoms. The van der Waals surface area contributed by atoms with Gasteiger partial charge in [0.25, 0.3) is 5.91 Å². The van der Waals surface area contributed by atoms with Gasteiger partial charge < -0.3 is 9.26 Å². The molecule has 6 nitrogen and oxygen atoms in total. The molecule has 2 N–H and O–H groups in total. The number of rotatable bonds is 4. The molecular formula is C15H10BrFN2O4. The van der Waals surface area contributed by atoms with Gasteiger partial charge in [-0.2, -0.15) is 0 Å². The molecule has 0 unspecified atom stereocenters. The molecule has 0 spiro atoms. The van der Waals surface area contributed by atoms with Crippen LogP contribution in [0.1, 0.15) is 0 Å². The first-order valence-electron chi connectivity index (χ1n) is 6.50. The van der Waals surface area contributed by atoms with Gasteiger partial charge in [0.1, 0.15) is 21.7 Å². The van der Waals surface area contributed by atoms with Crippen LogP contribution in [0.15, 0.2) is 45.4 Å². The first kappa shape index (κ1) is 15.4. The summed E-state index contributed by atoms with van der Waals surface area (Å²) in [4.78, 5) is 11.0. The highest BCUT2D eigenvalue weighted by Crippen LogP contribution is 2.38. The minimum atomic E-state index is -0.693. The van der Waals surface area contributed by atoms with Gasteiger partial charge in [0.2, 0.25) is 0 Å². The van der Waals surface area contributed by atoms with Crippen LogP contribution in [0.5, 0.6) is 5.75 Å². The molecule has 0 bridgehead atoms. The number of amides is 1. The molecular weight excluding hydrogens is 371 g/mol. The number of aromatic nitrogens is 1. The van der Waals surface area contributed by atoms with Gasteiger partial charge in [0.15, 0.2) is 12.2 Å². The van der Waals surface area contributed by atoms with E-state index in [2.05, 4.69) is 21.1 Å². The van der Waals surface area contributed by atoms with Crippen molar-refractivity contribution in [2.45, 2.75) is 0 Å². The van der Waals surface area contributed by atoms with Gasteiger partial charge in [-0.1, -0.05) is 17.3 Å². The number of ether oxygens (including phenoxy) is 1. The largest absolute Gasteiger partial charge is 0.482 e. The molecule has 0 aliphatic rings. The van der Waals surface area contributed by atoms with E-state index in [-0.39, 0.29) is 6.61 Å². The lowest BCUT2D eigenvalue weighted by Gasteiger charge is -2.06. The zero-order chi connectivity index (χ0) is 16.4. The average molecular weight is 381 g/mol. The normalized spacial score (nSPS) is 10.7. The second-order valence-corrected chi connectivity index (χ2v) is 5.38. The Morgan fingerprint density at radius 3 is 2.87 bits per heavy atom. The molecule has 1 amide bonds. The highest BCUT2D eigenvalue weighted by molar-refractivity contribution is 9.10. The van der Waals surface area contributed by atoms with Crippen LogP contribution in [0.3, 0.4) is 0 Å². The summed E-state index contributed by atoms with van der Waals surface area (Å²) >= 11 is 3.31. The van der Waals surface area contributed by atoms with Gasteiger partial charge in [-0.25, -0.2) is 9.87 Å². The van der Waals surface area contributed by atoms with Crippen LogP contribution in [0.25, 0.3) is 22.2 Å². The van der Waals surface area contributed by atoms with Gasteiger partial charge in [-0.05, 0) is 40.2 Å². The highest BCUT2D eigenvalue weighted by atomic mass is 79.9. The van der Waals surface area contributed by atoms with E-state index in [0.29, 0.717) is 32.4 Å². The summed E-state index contributed by atoms with van der Waals surface area (Å²) in [5.74, 6) is -0.766. The molecule has 3 aromatic rings. The lowest BCUT2D eigenvalue weighted by molar-refractivity contribution is -0.131. The van der Waals surface area contributed by atoms with Gasteiger partial charge >= 0.3 is 0 Å². The number of carbonyl (C=O) groups excluding carboxylic acids is 1. The molecule has 1 heterocycles. The van der Waals surface area contributed by atoms with E-state index in [9.17, 15) is 9.18 Å². The smallest absolute Gasteiger partial charge is 0.281 e. The molecule has 3 rings (SSSR count). The SMILES string of the molecule is O=C(COc1ccc2c(-c3ccccc3F)noc2c1Br)NO. The number of hydrogen-bond acceptors (Lipinski definition) is 5. The second kappa shape index (κ2) is 6.35. The first-order chi connectivity index (χ1) is 11.1. The number of halogens is 2. The van der Waals surface area contributed by atoms with Crippen molar-refractivity contribution in [1.82, 2.24) is 10.6 Å². The Labute approximate surface area is 137 Å². The number of carbonyl (C=O) groups is 1. The summed E-state index contributed by atoms with van der Waals surface area (Å²) in [5, 5.41) is 13.0. The second-order valence-electron chi connectivity index (χ2n) is 4.59. The van der Waals surface area contributed by atoms with E-state index < -0.39 is 11.7 Å². The summed E-state index contributed by atoms with van der Waals surface area (Å²) in [6.45, 7) is -0.366. The number of nitrogens with one attached hydrogen (secondary N) is 1. The fraction of sp³-hybridized carbons (Fsp3) is 0.0667. The Bertz CT molecular complexity index is 881. The third-order valence-corrected chi connectivity index (χ3v) is 3.91. The Kier molecular flexibility index (Phi) is 4.26. The van der Waals surface area contributed by atoms with Crippen LogP contribution in [-0.4, -0.2) is 22.9 Å². The van der Waals surface area contributed by atoms with Gasteiger partial charge in [-0.3, -0.25) is 10.0 Å². The van der Waals surface area contributed by atoms with Crippen molar-refractivity contribution >= 4 is 32.8 Å². The maximum absolute atomic E-state index is 13.9. The van der Waals surface area contributed by atoms with E-state index in [1.54, 1.807) is 30.3 Å². The Morgan fingerprint density at radius 2 is 2.13 bits per heavy atom. The monoisotopic (exact) mass is 380 g/mol. The summed E-state index contributed by atoms with van der Waals surface area (Å²) in [6, 6.07) is 9.50. The summed E-state index contributed by atoms with van der Waals surface area (Å²) in [7, 11) is 0. The van der Waals surface area contributed by atoms with Crippen molar-refractivity contribution in [1.29, 1.82) is 0 Å². The maximum atomic E-state index is 13.9. The fourth-order valence-corrected chi connectivity index (χ4v) is 2.62. The molecule has 0 fully saturated rings. The van der Waals surface area contributed by atoms with Crippen LogP contribution in [-0.2, 0) is 4.79 Å². The number of nitrogens with zero attached hydrogens (tertiary/aromatic N) is 1. The predicted octanol–water partition coefficient (Wildman–Crippen LogP) is 3.28. The molecule has 0 radical (unpaired) electrons. The third kappa shape index (κ3) is 2.90. The standard InChI is InChI=1S/C15H10BrFN2O4/c16-13-11(22-7-12(20)18-21)6-5-9-14(19-23-15(9)13)8-3-1-2-4-10(8)17/h1-6,21H,7H2,(H,18,20). The van der Waals surface area contributed by atoms with Crippen molar-refractivity contribution in [3.8, 4) is 17.0 Å². The van der Waals surface area contributed by atoms with Gasteiger partial charge in [-0.15, -0.1) is 0 Å². The highest BCUT2D eigenvalue weighted by Gasteiger charge is 2.18. The number of fused-ring (bicyclic) bond motifs is 1. The Hall–Kier alpha value is -2.45. The molecule has 2 aromatic carbocycles. The minimum absolute atomic E-state index is 0.325. The van der Waals surface area contributed by atoms with E-state index in [1.165, 1.54) is 11.5 Å². The van der Waals surface area contributed by atoms with E-state index >= 15 is 0 Å². The zero-order valence-corrected chi connectivity index (χ0v) is 13.1. The lowest BCUT2D eigenvalue weighted by Crippen LogP contribution is -2.25. The Balaban J connectivity index is 2.01. The molecule has 0 aliphatic carbocycles. The minimum Gasteiger partial charge on any atom is -0.482 e. The molecule has 0 aliphatic heterocycles. The first-order valence-corrected chi connectivity index (χ1v) is 7.29. The average Bonchev–Trinajstić information content (AvgIpc) is 2.99. The molecule has 118 valence electrons. The van der Waals surface area contributed by atoms with Gasteiger partial charge in [0.05, 0.1) is 5.39 Å². The van der Waals surface area contributed by atoms with Crippen LogP contribution < -0.4 is 10.2 Å². The molecule has 0 saturated heterocycles. The van der Waals surface area contributed by atoms with Crippen molar-refractivity contribution in [3.05, 3.63) is 46.7 Å². The third-order valence-electron chi connectivity index (χ3n) is 3.16. The molecule has 0 saturated carbocycles. The summed E-state index contributed by atoms with van der Waals surface area (Å²) < 4.78 is 24.9. The maximum Gasteiger partial charge on any atom is 0.281 e. The molecule has 0 atom stereocenters. The van der Waals surface area contributed by atoms with Crippen molar-refractivity contribution in [3.63, 3.8) is 0 Å². The van der Waals surface area contributed by atoms with Crippen LogP contribution >= 0.6 is 15.9 Å². The summed E-state index contributed by atoms with van der Waals surface area (Å²) in [6.07, 6.45) is 0. The zero-order valence-electron chi connectivity index (χ0n) is 11.5. The van der Waals surface area contributed by atoms with E-state index in [1.807, 2.05) is 0 Å². The predicted molar refractivity (Wildman–Crippen MR) is 82.5 cm³/mol. The van der Waals surface area contributed by atoms with Crippen LogP contribution in [0.2, 0.25) is 0 Å². The summed E-state index contributed by atoms with van der Waals surface area (Å²) in [5.41, 5.74) is 2.53. The topological polar surface area (TPSA) is 84.6 Å². The van der Waals surface area contributed by atoms with Crippen LogP contribution in [0, 0.1) is 5.82 Å². The lowest BCUT2D eigenvalue weighted by atomic mass is 10.1. The number of hydrogen-bond donors (Lipinski definition) is 2. The van der Waals surface area contributed by atoms with Crippen LogP contribution in [0.4, 0.5) is 4.39 Å².